The van der Waals surface area contributed by atoms with Crippen LogP contribution in [0.1, 0.15) is 5.56 Å². The highest BCUT2D eigenvalue weighted by Crippen LogP contribution is 2.25. The van der Waals surface area contributed by atoms with Crippen molar-refractivity contribution >= 4 is 26.8 Å². The topological polar surface area (TPSA) is 33.1 Å². The second-order valence-electron chi connectivity index (χ2n) is 2.78. The van der Waals surface area contributed by atoms with E-state index in [1.54, 1.807) is 12.3 Å². The zero-order valence-electron chi connectivity index (χ0n) is 6.87. The van der Waals surface area contributed by atoms with Crippen LogP contribution in [0.5, 0.6) is 5.75 Å². The molecule has 1 aromatic heterocycles. The molecule has 0 radical (unpaired) electrons. The Labute approximate surface area is 84.4 Å². The highest BCUT2D eigenvalue weighted by atomic mass is 79.9. The largest absolute Gasteiger partial charge is 0.506 e. The van der Waals surface area contributed by atoms with Gasteiger partial charge in [0, 0.05) is 16.9 Å². The summed E-state index contributed by atoms with van der Waals surface area (Å²) in [5.41, 5.74) is 1.81. The molecular weight excluding hydrogens is 230 g/mol. The maximum absolute atomic E-state index is 9.51. The van der Waals surface area contributed by atoms with Crippen molar-refractivity contribution in [1.82, 2.24) is 4.98 Å². The fourth-order valence-electron chi connectivity index (χ4n) is 1.33. The maximum Gasteiger partial charge on any atom is 0.141 e. The van der Waals surface area contributed by atoms with Crippen molar-refractivity contribution in [3.05, 3.63) is 36.0 Å². The van der Waals surface area contributed by atoms with Crippen molar-refractivity contribution in [3.8, 4) is 5.75 Å². The van der Waals surface area contributed by atoms with Crippen LogP contribution in [-0.4, -0.2) is 10.1 Å². The van der Waals surface area contributed by atoms with Gasteiger partial charge in [-0.25, -0.2) is 0 Å². The number of phenols is 1. The first kappa shape index (κ1) is 8.51. The predicted molar refractivity (Wildman–Crippen MR) is 56.0 cm³/mol. The molecule has 2 nitrogen and oxygen atoms in total. The molecule has 0 atom stereocenters. The summed E-state index contributed by atoms with van der Waals surface area (Å²) in [6, 6.07) is 7.37. The van der Waals surface area contributed by atoms with E-state index in [4.69, 9.17) is 0 Å². The van der Waals surface area contributed by atoms with Gasteiger partial charge in [-0.3, -0.25) is 4.98 Å². The third-order valence-corrected chi connectivity index (χ3v) is 2.59. The molecule has 1 aromatic carbocycles. The number of aromatic hydroxyl groups is 1. The van der Waals surface area contributed by atoms with Gasteiger partial charge < -0.3 is 5.11 Å². The number of hydrogen-bond donors (Lipinski definition) is 1. The van der Waals surface area contributed by atoms with Gasteiger partial charge in [-0.05, 0) is 17.7 Å². The molecule has 2 rings (SSSR count). The second-order valence-corrected chi connectivity index (χ2v) is 3.34. The molecule has 0 aliphatic rings. The minimum Gasteiger partial charge on any atom is -0.506 e. The van der Waals surface area contributed by atoms with Gasteiger partial charge in [0.15, 0.2) is 0 Å². The Morgan fingerprint density at radius 2 is 2.15 bits per heavy atom. The van der Waals surface area contributed by atoms with Gasteiger partial charge in [-0.15, -0.1) is 0 Å². The number of rotatable bonds is 1. The van der Waals surface area contributed by atoms with Crippen LogP contribution in [-0.2, 0) is 5.33 Å². The first-order valence-corrected chi connectivity index (χ1v) is 5.06. The van der Waals surface area contributed by atoms with Crippen LogP contribution in [0.2, 0.25) is 0 Å². The third kappa shape index (κ3) is 1.40. The Kier molecular flexibility index (Phi) is 2.19. The summed E-state index contributed by atoms with van der Waals surface area (Å²) in [5, 5.41) is 11.3. The van der Waals surface area contributed by atoms with E-state index in [1.165, 1.54) is 0 Å². The molecule has 0 saturated heterocycles. The van der Waals surface area contributed by atoms with Crippen molar-refractivity contribution in [3.63, 3.8) is 0 Å². The molecule has 0 unspecified atom stereocenters. The average molecular weight is 238 g/mol. The molecule has 66 valence electrons. The van der Waals surface area contributed by atoms with Gasteiger partial charge >= 0.3 is 0 Å². The summed E-state index contributed by atoms with van der Waals surface area (Å²) in [7, 11) is 0. The van der Waals surface area contributed by atoms with E-state index >= 15 is 0 Å². The van der Waals surface area contributed by atoms with Gasteiger partial charge in [-0.2, -0.15) is 0 Å². The van der Waals surface area contributed by atoms with Crippen LogP contribution in [0.4, 0.5) is 0 Å². The Morgan fingerprint density at radius 3 is 2.92 bits per heavy atom. The van der Waals surface area contributed by atoms with E-state index in [2.05, 4.69) is 20.9 Å². The highest BCUT2D eigenvalue weighted by Gasteiger charge is 2.03. The Bertz CT molecular complexity index is 442. The molecule has 0 aliphatic carbocycles. The number of alkyl halides is 1. The Hall–Kier alpha value is -1.09. The van der Waals surface area contributed by atoms with Crippen LogP contribution >= 0.6 is 15.9 Å². The first-order chi connectivity index (χ1) is 6.33. The van der Waals surface area contributed by atoms with Gasteiger partial charge in [0.2, 0.25) is 0 Å². The number of aromatic nitrogens is 1. The monoisotopic (exact) mass is 237 g/mol. The average Bonchev–Trinajstić information content (AvgIpc) is 2.18. The second kappa shape index (κ2) is 3.34. The predicted octanol–water partition coefficient (Wildman–Crippen LogP) is 2.84. The fourth-order valence-corrected chi connectivity index (χ4v) is 1.82. The quantitative estimate of drug-likeness (QED) is 0.775. The lowest BCUT2D eigenvalue weighted by molar-refractivity contribution is 0.480. The molecular formula is C10H8BrNO. The van der Waals surface area contributed by atoms with Crippen molar-refractivity contribution in [2.45, 2.75) is 5.33 Å². The summed E-state index contributed by atoms with van der Waals surface area (Å²) in [4.78, 5) is 4.12. The molecule has 13 heavy (non-hydrogen) atoms. The standard InChI is InChI=1S/C10H8BrNO/c11-6-7-4-5-12-10-8(7)2-1-3-9(10)13/h1-5,13H,6H2. The smallest absolute Gasteiger partial charge is 0.141 e. The molecule has 0 bridgehead atoms. The lowest BCUT2D eigenvalue weighted by Gasteiger charge is -2.03. The van der Waals surface area contributed by atoms with Crippen molar-refractivity contribution in [2.75, 3.05) is 0 Å². The zero-order chi connectivity index (χ0) is 9.26. The third-order valence-electron chi connectivity index (χ3n) is 1.98. The van der Waals surface area contributed by atoms with Crippen LogP contribution in [0.25, 0.3) is 10.9 Å². The lowest BCUT2D eigenvalue weighted by Crippen LogP contribution is -1.84. The number of hydrogen-bond acceptors (Lipinski definition) is 2. The van der Waals surface area contributed by atoms with Crippen molar-refractivity contribution in [2.24, 2.45) is 0 Å². The number of halogens is 1. The molecule has 0 spiro atoms. The van der Waals surface area contributed by atoms with Gasteiger partial charge in [0.1, 0.15) is 11.3 Å². The summed E-state index contributed by atoms with van der Waals surface area (Å²) in [5.74, 6) is 0.236. The number of fused-ring (bicyclic) bond motifs is 1. The molecule has 3 heteroatoms. The molecule has 1 heterocycles. The summed E-state index contributed by atoms with van der Waals surface area (Å²) in [6.45, 7) is 0. The molecule has 0 amide bonds. The lowest BCUT2D eigenvalue weighted by atomic mass is 10.1. The van der Waals surface area contributed by atoms with E-state index in [-0.39, 0.29) is 5.75 Å². The van der Waals surface area contributed by atoms with Crippen LogP contribution in [0, 0.1) is 0 Å². The number of pyridine rings is 1. The van der Waals surface area contributed by atoms with Crippen LogP contribution in [0.15, 0.2) is 30.5 Å². The normalized spacial score (nSPS) is 10.5. The SMILES string of the molecule is Oc1cccc2c(CBr)ccnc12. The van der Waals surface area contributed by atoms with Gasteiger partial charge in [0.05, 0.1) is 0 Å². The molecule has 0 saturated carbocycles. The first-order valence-electron chi connectivity index (χ1n) is 3.94. The molecule has 2 aromatic rings. The van der Waals surface area contributed by atoms with Crippen LogP contribution in [0.3, 0.4) is 0 Å². The number of para-hydroxylation sites is 1. The summed E-state index contributed by atoms with van der Waals surface area (Å²) >= 11 is 3.39. The highest BCUT2D eigenvalue weighted by molar-refractivity contribution is 9.08. The van der Waals surface area contributed by atoms with Crippen LogP contribution < -0.4 is 0 Å². The molecule has 0 aliphatic heterocycles. The summed E-state index contributed by atoms with van der Waals surface area (Å²) < 4.78 is 0. The van der Waals surface area contributed by atoms with E-state index in [0.717, 1.165) is 16.3 Å². The van der Waals surface area contributed by atoms with Gasteiger partial charge in [-0.1, -0.05) is 28.1 Å². The number of nitrogens with zero attached hydrogens (tertiary/aromatic N) is 1. The Balaban J connectivity index is 2.84. The van der Waals surface area contributed by atoms with E-state index in [0.29, 0.717) is 5.52 Å². The van der Waals surface area contributed by atoms with E-state index in [1.807, 2.05) is 18.2 Å². The Morgan fingerprint density at radius 1 is 1.31 bits per heavy atom. The minimum absolute atomic E-state index is 0.236. The molecule has 0 fully saturated rings. The number of phenolic OH excluding ortho intramolecular Hbond substituents is 1. The van der Waals surface area contributed by atoms with Crippen molar-refractivity contribution < 1.29 is 5.11 Å². The fraction of sp³-hybridized carbons (Fsp3) is 0.100. The molecule has 1 N–H and O–H groups in total. The number of benzene rings is 1. The zero-order valence-corrected chi connectivity index (χ0v) is 8.45. The van der Waals surface area contributed by atoms with Gasteiger partial charge in [0.25, 0.3) is 0 Å². The minimum atomic E-state index is 0.236. The maximum atomic E-state index is 9.51. The van der Waals surface area contributed by atoms with Crippen molar-refractivity contribution in [1.29, 1.82) is 0 Å². The summed E-state index contributed by atoms with van der Waals surface area (Å²) in [6.07, 6.45) is 1.71. The van der Waals surface area contributed by atoms with E-state index < -0.39 is 0 Å². The van der Waals surface area contributed by atoms with E-state index in [9.17, 15) is 5.11 Å².